The van der Waals surface area contributed by atoms with Gasteiger partial charge in [0.25, 0.3) is 0 Å². The van der Waals surface area contributed by atoms with E-state index in [0.29, 0.717) is 0 Å². The fraction of sp³-hybridized carbons (Fsp3) is 0.600. The molecule has 0 radical (unpaired) electrons. The topological polar surface area (TPSA) is 9.23 Å². The first-order valence-corrected chi connectivity index (χ1v) is 6.31. The maximum Gasteiger partial charge on any atom is 0.0820 e. The summed E-state index contributed by atoms with van der Waals surface area (Å²) in [6, 6.07) is 2.06. The number of unbranched alkanes of at least 4 members (excludes halogenated alkanes) is 2. The van der Waals surface area contributed by atoms with Gasteiger partial charge in [-0.05, 0) is 33.8 Å². The van der Waals surface area contributed by atoms with E-state index in [0.717, 1.165) is 13.2 Å². The van der Waals surface area contributed by atoms with Crippen molar-refractivity contribution in [1.82, 2.24) is 0 Å². The normalized spacial score (nSPS) is 10.6. The van der Waals surface area contributed by atoms with Crippen molar-refractivity contribution in [2.45, 2.75) is 32.8 Å². The van der Waals surface area contributed by atoms with Crippen LogP contribution < -0.4 is 0 Å². The van der Waals surface area contributed by atoms with Crippen molar-refractivity contribution in [3.8, 4) is 0 Å². The van der Waals surface area contributed by atoms with E-state index in [-0.39, 0.29) is 0 Å². The van der Waals surface area contributed by atoms with E-state index in [4.69, 9.17) is 4.74 Å². The van der Waals surface area contributed by atoms with Crippen LogP contribution >= 0.6 is 27.3 Å². The van der Waals surface area contributed by atoms with Crippen molar-refractivity contribution in [1.29, 1.82) is 0 Å². The summed E-state index contributed by atoms with van der Waals surface area (Å²) in [5, 5.41) is 2.08. The van der Waals surface area contributed by atoms with Crippen LogP contribution in [0.2, 0.25) is 0 Å². The number of thiophene rings is 1. The average molecular weight is 263 g/mol. The number of rotatable bonds is 6. The highest BCUT2D eigenvalue weighted by molar-refractivity contribution is 9.10. The number of hydrogen-bond donors (Lipinski definition) is 0. The molecule has 0 aliphatic heterocycles. The highest BCUT2D eigenvalue weighted by Crippen LogP contribution is 2.23. The van der Waals surface area contributed by atoms with Crippen LogP contribution in [-0.4, -0.2) is 6.61 Å². The van der Waals surface area contributed by atoms with E-state index in [9.17, 15) is 0 Å². The second kappa shape index (κ2) is 6.57. The summed E-state index contributed by atoms with van der Waals surface area (Å²) < 4.78 is 6.72. The van der Waals surface area contributed by atoms with Crippen LogP contribution in [0.15, 0.2) is 15.9 Å². The van der Waals surface area contributed by atoms with Crippen LogP contribution in [0, 0.1) is 0 Å². The maximum atomic E-state index is 5.54. The van der Waals surface area contributed by atoms with Crippen molar-refractivity contribution in [3.05, 3.63) is 20.8 Å². The smallest absolute Gasteiger partial charge is 0.0820 e. The minimum absolute atomic E-state index is 0.752. The monoisotopic (exact) mass is 262 g/mol. The highest BCUT2D eigenvalue weighted by atomic mass is 79.9. The largest absolute Gasteiger partial charge is 0.376 e. The summed E-state index contributed by atoms with van der Waals surface area (Å²) in [5.74, 6) is 0. The van der Waals surface area contributed by atoms with Gasteiger partial charge in [0.05, 0.1) is 6.61 Å². The van der Waals surface area contributed by atoms with Gasteiger partial charge in [0, 0.05) is 16.0 Å². The van der Waals surface area contributed by atoms with Gasteiger partial charge < -0.3 is 4.74 Å². The fourth-order valence-corrected chi connectivity index (χ4v) is 2.45. The lowest BCUT2D eigenvalue weighted by Gasteiger charge is -2.01. The molecule has 0 aliphatic rings. The third-order valence-electron chi connectivity index (χ3n) is 1.82. The molecule has 0 unspecified atom stereocenters. The van der Waals surface area contributed by atoms with Crippen molar-refractivity contribution >= 4 is 27.3 Å². The van der Waals surface area contributed by atoms with Gasteiger partial charge in [-0.25, -0.2) is 0 Å². The second-order valence-corrected chi connectivity index (χ2v) is 4.81. The summed E-state index contributed by atoms with van der Waals surface area (Å²) in [4.78, 5) is 1.29. The van der Waals surface area contributed by atoms with E-state index in [1.54, 1.807) is 11.3 Å². The van der Waals surface area contributed by atoms with Crippen LogP contribution in [0.4, 0.5) is 0 Å². The molecule has 0 aliphatic carbocycles. The molecule has 3 heteroatoms. The van der Waals surface area contributed by atoms with Gasteiger partial charge in [-0.15, -0.1) is 11.3 Å². The molecule has 1 rings (SSSR count). The molecule has 0 bridgehead atoms. The van der Waals surface area contributed by atoms with E-state index >= 15 is 0 Å². The number of halogens is 1. The minimum atomic E-state index is 0.752. The Labute approximate surface area is 92.2 Å². The van der Waals surface area contributed by atoms with Crippen LogP contribution in [0.3, 0.4) is 0 Å². The van der Waals surface area contributed by atoms with Crippen molar-refractivity contribution in [3.63, 3.8) is 0 Å². The van der Waals surface area contributed by atoms with Gasteiger partial charge in [-0.2, -0.15) is 0 Å². The third-order valence-corrected chi connectivity index (χ3v) is 3.72. The molecular weight excluding hydrogens is 248 g/mol. The quantitative estimate of drug-likeness (QED) is 0.698. The Hall–Kier alpha value is 0.140. The molecule has 0 N–H and O–H groups in total. The first-order valence-electron chi connectivity index (χ1n) is 4.64. The molecular formula is C10H15BrOS. The molecule has 13 heavy (non-hydrogen) atoms. The Morgan fingerprint density at radius 1 is 1.46 bits per heavy atom. The third kappa shape index (κ3) is 4.25. The van der Waals surface area contributed by atoms with E-state index < -0.39 is 0 Å². The van der Waals surface area contributed by atoms with Gasteiger partial charge in [0.15, 0.2) is 0 Å². The molecule has 0 saturated heterocycles. The van der Waals surface area contributed by atoms with E-state index in [1.165, 1.54) is 28.6 Å². The Morgan fingerprint density at radius 2 is 2.31 bits per heavy atom. The second-order valence-electron chi connectivity index (χ2n) is 2.95. The Bertz CT molecular complexity index is 235. The maximum absolute atomic E-state index is 5.54. The van der Waals surface area contributed by atoms with Gasteiger partial charge in [0.1, 0.15) is 0 Å². The fourth-order valence-electron chi connectivity index (χ4n) is 1.05. The molecule has 74 valence electrons. The lowest BCUT2D eigenvalue weighted by atomic mass is 10.3. The summed E-state index contributed by atoms with van der Waals surface area (Å²) in [7, 11) is 0. The molecule has 0 aromatic carbocycles. The molecule has 1 aromatic rings. The molecule has 0 amide bonds. The molecule has 0 spiro atoms. The molecule has 0 atom stereocenters. The number of hydrogen-bond acceptors (Lipinski definition) is 2. The predicted molar refractivity (Wildman–Crippen MR) is 61.2 cm³/mol. The molecule has 0 fully saturated rings. The molecule has 0 saturated carbocycles. The van der Waals surface area contributed by atoms with E-state index in [2.05, 4.69) is 34.3 Å². The zero-order valence-electron chi connectivity index (χ0n) is 7.88. The SMILES string of the molecule is CCCCCOCc1sccc1Br. The average Bonchev–Trinajstić information content (AvgIpc) is 2.52. The van der Waals surface area contributed by atoms with Gasteiger partial charge in [0.2, 0.25) is 0 Å². The lowest BCUT2D eigenvalue weighted by molar-refractivity contribution is 0.119. The summed E-state index contributed by atoms with van der Waals surface area (Å²) in [6.45, 7) is 3.84. The van der Waals surface area contributed by atoms with Crippen LogP contribution in [0.1, 0.15) is 31.1 Å². The lowest BCUT2D eigenvalue weighted by Crippen LogP contribution is -1.93. The first kappa shape index (κ1) is 11.2. The van der Waals surface area contributed by atoms with Crippen LogP contribution in [0.5, 0.6) is 0 Å². The highest BCUT2D eigenvalue weighted by Gasteiger charge is 2.00. The van der Waals surface area contributed by atoms with Crippen molar-refractivity contribution in [2.75, 3.05) is 6.61 Å². The summed E-state index contributed by atoms with van der Waals surface area (Å²) in [6.07, 6.45) is 3.71. The van der Waals surface area contributed by atoms with Gasteiger partial charge in [-0.1, -0.05) is 19.8 Å². The number of ether oxygens (including phenoxy) is 1. The molecule has 1 heterocycles. The zero-order chi connectivity index (χ0) is 9.52. The van der Waals surface area contributed by atoms with Crippen molar-refractivity contribution < 1.29 is 4.74 Å². The zero-order valence-corrected chi connectivity index (χ0v) is 10.3. The van der Waals surface area contributed by atoms with Gasteiger partial charge >= 0.3 is 0 Å². The minimum Gasteiger partial charge on any atom is -0.376 e. The predicted octanol–water partition coefficient (Wildman–Crippen LogP) is 4.22. The Morgan fingerprint density at radius 3 is 2.92 bits per heavy atom. The Kier molecular flexibility index (Phi) is 5.67. The molecule has 1 aromatic heterocycles. The van der Waals surface area contributed by atoms with E-state index in [1.807, 2.05) is 0 Å². The summed E-state index contributed by atoms with van der Waals surface area (Å²) in [5.41, 5.74) is 0. The van der Waals surface area contributed by atoms with Crippen LogP contribution in [-0.2, 0) is 11.3 Å². The summed E-state index contributed by atoms with van der Waals surface area (Å²) >= 11 is 5.22. The standard InChI is InChI=1S/C10H15BrOS/c1-2-3-4-6-12-8-10-9(11)5-7-13-10/h5,7H,2-4,6,8H2,1H3. The van der Waals surface area contributed by atoms with Gasteiger partial charge in [-0.3, -0.25) is 0 Å². The first-order chi connectivity index (χ1) is 6.34. The van der Waals surface area contributed by atoms with Crippen molar-refractivity contribution in [2.24, 2.45) is 0 Å². The van der Waals surface area contributed by atoms with Crippen LogP contribution in [0.25, 0.3) is 0 Å². The Balaban J connectivity index is 2.10. The molecule has 1 nitrogen and oxygen atoms in total.